The monoisotopic (exact) mass is 329 g/mol. The molecule has 0 saturated heterocycles. The Morgan fingerprint density at radius 1 is 1.29 bits per heavy atom. The van der Waals surface area contributed by atoms with Crippen molar-refractivity contribution in [1.82, 2.24) is 15.5 Å². The normalized spacial score (nSPS) is 11.4. The van der Waals surface area contributed by atoms with Gasteiger partial charge < -0.3 is 14.6 Å². The number of hydrogen-bond acceptors (Lipinski definition) is 6. The summed E-state index contributed by atoms with van der Waals surface area (Å²) in [7, 11) is 0. The highest BCUT2D eigenvalue weighted by atomic mass is 16.6. The lowest BCUT2D eigenvalue weighted by atomic mass is 10.2. The molecular formula is C17H19N3O4. The summed E-state index contributed by atoms with van der Waals surface area (Å²) < 4.78 is 10.1. The first kappa shape index (κ1) is 17.4. The molecule has 0 aliphatic heterocycles. The molecule has 1 aromatic carbocycles. The Morgan fingerprint density at radius 2 is 2.00 bits per heavy atom. The summed E-state index contributed by atoms with van der Waals surface area (Å²) in [6, 6.07) is 9.13. The molecule has 0 aliphatic rings. The number of benzene rings is 1. The molecule has 1 N–H and O–H groups in total. The molecular weight excluding hydrogens is 310 g/mol. The summed E-state index contributed by atoms with van der Waals surface area (Å²) in [5.74, 6) is -0.185. The van der Waals surface area contributed by atoms with Crippen LogP contribution in [0, 0.1) is 0 Å². The fourth-order valence-corrected chi connectivity index (χ4v) is 1.82. The Balaban J connectivity index is 2.07. The van der Waals surface area contributed by atoms with E-state index >= 15 is 0 Å². The summed E-state index contributed by atoms with van der Waals surface area (Å²) in [6.45, 7) is 5.01. The predicted octanol–water partition coefficient (Wildman–Crippen LogP) is 2.41. The van der Waals surface area contributed by atoms with Crippen LogP contribution >= 0.6 is 0 Å². The second-order valence-electron chi connectivity index (χ2n) is 5.43. The fourth-order valence-electron chi connectivity index (χ4n) is 1.82. The molecule has 0 atom stereocenters. The first-order valence-corrected chi connectivity index (χ1v) is 7.49. The Bertz CT molecular complexity index is 735. The quantitative estimate of drug-likeness (QED) is 0.646. The van der Waals surface area contributed by atoms with Crippen LogP contribution < -0.4 is 5.32 Å². The van der Waals surface area contributed by atoms with Crippen molar-refractivity contribution in [2.24, 2.45) is 0 Å². The minimum Gasteiger partial charge on any atom is -0.451 e. The summed E-state index contributed by atoms with van der Waals surface area (Å²) in [5.41, 5.74) is 0.801. The minimum atomic E-state index is -0.682. The molecule has 0 fully saturated rings. The Kier molecular flexibility index (Phi) is 5.83. The number of ether oxygens (including phenoxy) is 1. The van der Waals surface area contributed by atoms with Gasteiger partial charge in [0.2, 0.25) is 5.91 Å². The van der Waals surface area contributed by atoms with Crippen LogP contribution in [0.5, 0.6) is 0 Å². The number of amides is 1. The van der Waals surface area contributed by atoms with Gasteiger partial charge in [-0.1, -0.05) is 49.3 Å². The molecule has 7 heteroatoms. The molecule has 24 heavy (non-hydrogen) atoms. The van der Waals surface area contributed by atoms with Gasteiger partial charge in [-0.25, -0.2) is 4.79 Å². The van der Waals surface area contributed by atoms with E-state index in [1.54, 1.807) is 0 Å². The lowest BCUT2D eigenvalue weighted by Crippen LogP contribution is -2.26. The highest BCUT2D eigenvalue weighted by Gasteiger charge is 2.16. The lowest BCUT2D eigenvalue weighted by molar-refractivity contribution is -0.142. The van der Waals surface area contributed by atoms with E-state index in [0.717, 1.165) is 5.56 Å². The maximum absolute atomic E-state index is 12.2. The molecule has 1 heterocycles. The van der Waals surface area contributed by atoms with E-state index in [1.807, 2.05) is 44.2 Å². The van der Waals surface area contributed by atoms with Crippen LogP contribution in [0.3, 0.4) is 0 Å². The Hall–Kier alpha value is -2.96. The molecule has 1 aromatic heterocycles. The van der Waals surface area contributed by atoms with Crippen LogP contribution in [0.2, 0.25) is 0 Å². The van der Waals surface area contributed by atoms with Gasteiger partial charge in [0.25, 0.3) is 5.89 Å². The van der Waals surface area contributed by atoms with Crippen molar-refractivity contribution in [3.05, 3.63) is 53.3 Å². The van der Waals surface area contributed by atoms with Gasteiger partial charge in [-0.05, 0) is 11.6 Å². The molecule has 7 nitrogen and oxygen atoms in total. The molecule has 1 amide bonds. The third-order valence-electron chi connectivity index (χ3n) is 2.97. The number of hydrogen-bond donors (Lipinski definition) is 1. The number of nitrogens with zero attached hydrogens (tertiary/aromatic N) is 2. The SMILES string of the molecule is CC(=O)N/C(=C/c1ccccc1)C(=O)OCc1nc(C(C)C)no1. The number of rotatable bonds is 6. The third kappa shape index (κ3) is 5.05. The number of nitrogens with one attached hydrogen (secondary N) is 1. The summed E-state index contributed by atoms with van der Waals surface area (Å²) in [5, 5.41) is 6.26. The Labute approximate surface area is 139 Å². The molecule has 2 aromatic rings. The van der Waals surface area contributed by atoms with E-state index in [0.29, 0.717) is 5.82 Å². The van der Waals surface area contributed by atoms with Gasteiger partial charge >= 0.3 is 5.97 Å². The van der Waals surface area contributed by atoms with Crippen LogP contribution in [-0.4, -0.2) is 22.0 Å². The second kappa shape index (κ2) is 8.05. The summed E-state index contributed by atoms with van der Waals surface area (Å²) in [4.78, 5) is 27.6. The summed E-state index contributed by atoms with van der Waals surface area (Å²) >= 11 is 0. The second-order valence-corrected chi connectivity index (χ2v) is 5.43. The number of aromatic nitrogens is 2. The molecule has 2 rings (SSSR count). The zero-order valence-corrected chi connectivity index (χ0v) is 13.8. The van der Waals surface area contributed by atoms with E-state index < -0.39 is 5.97 Å². The van der Waals surface area contributed by atoms with Crippen molar-refractivity contribution >= 4 is 18.0 Å². The van der Waals surface area contributed by atoms with E-state index in [9.17, 15) is 9.59 Å². The first-order chi connectivity index (χ1) is 11.5. The number of carbonyl (C=O) groups is 2. The van der Waals surface area contributed by atoms with Crippen LogP contribution in [0.25, 0.3) is 6.08 Å². The van der Waals surface area contributed by atoms with Gasteiger partial charge in [0.1, 0.15) is 5.70 Å². The van der Waals surface area contributed by atoms with Gasteiger partial charge in [-0.15, -0.1) is 0 Å². The Morgan fingerprint density at radius 3 is 2.58 bits per heavy atom. The van der Waals surface area contributed by atoms with Gasteiger partial charge in [0.05, 0.1) is 0 Å². The van der Waals surface area contributed by atoms with Crippen molar-refractivity contribution in [1.29, 1.82) is 0 Å². The molecule has 0 spiro atoms. The van der Waals surface area contributed by atoms with Crippen molar-refractivity contribution in [2.45, 2.75) is 33.3 Å². The predicted molar refractivity (Wildman–Crippen MR) is 86.4 cm³/mol. The van der Waals surface area contributed by atoms with Gasteiger partial charge in [0, 0.05) is 12.8 Å². The van der Waals surface area contributed by atoms with Crippen molar-refractivity contribution in [3.63, 3.8) is 0 Å². The maximum Gasteiger partial charge on any atom is 0.355 e. The highest BCUT2D eigenvalue weighted by Crippen LogP contribution is 2.11. The van der Waals surface area contributed by atoms with Crippen molar-refractivity contribution < 1.29 is 18.8 Å². The standard InChI is InChI=1S/C17H19N3O4/c1-11(2)16-19-15(24-20-16)10-23-17(22)14(18-12(3)21)9-13-7-5-4-6-8-13/h4-9,11H,10H2,1-3H3,(H,18,21)/b14-9+. The van der Waals surface area contributed by atoms with Crippen LogP contribution in [0.15, 0.2) is 40.6 Å². The maximum atomic E-state index is 12.2. The number of esters is 1. The van der Waals surface area contributed by atoms with Gasteiger partial charge in [-0.2, -0.15) is 4.98 Å². The zero-order valence-electron chi connectivity index (χ0n) is 13.8. The van der Waals surface area contributed by atoms with Gasteiger partial charge in [0.15, 0.2) is 12.4 Å². The van der Waals surface area contributed by atoms with E-state index in [1.165, 1.54) is 13.0 Å². The molecule has 0 unspecified atom stereocenters. The smallest absolute Gasteiger partial charge is 0.355 e. The fraction of sp³-hybridized carbons (Fsp3) is 0.294. The average molecular weight is 329 g/mol. The minimum absolute atomic E-state index is 0.0392. The molecule has 0 saturated carbocycles. The van der Waals surface area contributed by atoms with Crippen LogP contribution in [0.1, 0.15) is 44.0 Å². The zero-order chi connectivity index (χ0) is 17.5. The molecule has 0 aliphatic carbocycles. The molecule has 0 radical (unpaired) electrons. The van der Waals surface area contributed by atoms with E-state index in [4.69, 9.17) is 9.26 Å². The van der Waals surface area contributed by atoms with Crippen molar-refractivity contribution in [3.8, 4) is 0 Å². The molecule has 0 bridgehead atoms. The number of carbonyl (C=O) groups excluding carboxylic acids is 2. The van der Waals surface area contributed by atoms with Crippen LogP contribution in [0.4, 0.5) is 0 Å². The van der Waals surface area contributed by atoms with Crippen LogP contribution in [-0.2, 0) is 20.9 Å². The largest absolute Gasteiger partial charge is 0.451 e. The summed E-state index contributed by atoms with van der Waals surface area (Å²) in [6.07, 6.45) is 1.54. The topological polar surface area (TPSA) is 94.3 Å². The first-order valence-electron chi connectivity index (χ1n) is 7.49. The average Bonchev–Trinajstić information content (AvgIpc) is 3.02. The van der Waals surface area contributed by atoms with Gasteiger partial charge in [-0.3, -0.25) is 4.79 Å². The lowest BCUT2D eigenvalue weighted by Gasteiger charge is -2.07. The van der Waals surface area contributed by atoms with E-state index in [-0.39, 0.29) is 30.0 Å². The molecule has 126 valence electrons. The van der Waals surface area contributed by atoms with Crippen molar-refractivity contribution in [2.75, 3.05) is 0 Å². The van der Waals surface area contributed by atoms with E-state index in [2.05, 4.69) is 15.5 Å². The third-order valence-corrected chi connectivity index (χ3v) is 2.97. The highest BCUT2D eigenvalue weighted by molar-refractivity contribution is 5.97.